The summed E-state index contributed by atoms with van der Waals surface area (Å²) in [5.74, 6) is 0.843. The first-order valence-corrected chi connectivity index (χ1v) is 11.3. The third kappa shape index (κ3) is 6.02. The van der Waals surface area contributed by atoms with Crippen LogP contribution in [0.5, 0.6) is 0 Å². The second-order valence-electron chi connectivity index (χ2n) is 7.76. The zero-order valence-electron chi connectivity index (χ0n) is 16.9. The second-order valence-corrected chi connectivity index (χ2v) is 9.69. The van der Waals surface area contributed by atoms with Gasteiger partial charge in [0.2, 0.25) is 15.9 Å². The average Bonchev–Trinajstić information content (AvgIpc) is 2.66. The van der Waals surface area contributed by atoms with Crippen molar-refractivity contribution >= 4 is 15.9 Å². The van der Waals surface area contributed by atoms with E-state index in [-0.39, 0.29) is 5.91 Å². The summed E-state index contributed by atoms with van der Waals surface area (Å²) in [5.41, 5.74) is 1.16. The summed E-state index contributed by atoms with van der Waals surface area (Å²) in [5, 5.41) is 2.90. The number of sulfonamides is 1. The topological polar surface area (TPSA) is 69.7 Å². The number of piperazine rings is 1. The largest absolute Gasteiger partial charge is 0.355 e. The minimum absolute atomic E-state index is 0.000592. The molecular weight excluding hydrogens is 362 g/mol. The van der Waals surface area contributed by atoms with Crippen LogP contribution in [0.2, 0.25) is 0 Å². The smallest absolute Gasteiger partial charge is 0.243 e. The molecule has 1 heterocycles. The first kappa shape index (κ1) is 21.9. The van der Waals surface area contributed by atoms with Crippen molar-refractivity contribution in [3.8, 4) is 0 Å². The lowest BCUT2D eigenvalue weighted by atomic mass is 9.99. The van der Waals surface area contributed by atoms with Crippen molar-refractivity contribution in [1.29, 1.82) is 0 Å². The maximum atomic E-state index is 12.9. The van der Waals surface area contributed by atoms with E-state index < -0.39 is 10.0 Å². The first-order valence-electron chi connectivity index (χ1n) is 9.83. The van der Waals surface area contributed by atoms with Crippen LogP contribution in [-0.4, -0.2) is 62.8 Å². The van der Waals surface area contributed by atoms with Gasteiger partial charge in [0.1, 0.15) is 0 Å². The van der Waals surface area contributed by atoms with Gasteiger partial charge in [-0.2, -0.15) is 4.31 Å². The zero-order chi connectivity index (χ0) is 20.0. The summed E-state index contributed by atoms with van der Waals surface area (Å²) in [6.07, 6.45) is 1.03. The van der Waals surface area contributed by atoms with Crippen LogP contribution in [0.4, 0.5) is 0 Å². The predicted molar refractivity (Wildman–Crippen MR) is 108 cm³/mol. The van der Waals surface area contributed by atoms with Crippen molar-refractivity contribution in [2.75, 3.05) is 39.3 Å². The minimum Gasteiger partial charge on any atom is -0.355 e. The lowest BCUT2D eigenvalue weighted by Gasteiger charge is -2.33. The number of hydrogen-bond acceptors (Lipinski definition) is 4. The second kappa shape index (κ2) is 9.66. The maximum absolute atomic E-state index is 12.9. The van der Waals surface area contributed by atoms with Gasteiger partial charge in [0.25, 0.3) is 0 Å². The van der Waals surface area contributed by atoms with Gasteiger partial charge in [-0.3, -0.25) is 9.69 Å². The molecule has 1 fully saturated rings. The van der Waals surface area contributed by atoms with E-state index in [4.69, 9.17) is 0 Å². The molecule has 0 radical (unpaired) electrons. The number of carbonyl (C=O) groups is 1. The van der Waals surface area contributed by atoms with Crippen LogP contribution < -0.4 is 5.32 Å². The normalized spacial score (nSPS) is 17.8. The fourth-order valence-corrected chi connectivity index (χ4v) is 4.48. The van der Waals surface area contributed by atoms with Gasteiger partial charge in [-0.25, -0.2) is 8.42 Å². The van der Waals surface area contributed by atoms with E-state index in [0.29, 0.717) is 56.0 Å². The number of amides is 1. The standard InChI is InChI=1S/C20H33N3O3S/c1-5-17(4)18-6-8-19(9-7-18)27(25,26)23-12-10-22(11-13-23)15-20(24)21-14-16(2)3/h6-9,16-17H,5,10-15H2,1-4H3,(H,21,24). The van der Waals surface area contributed by atoms with Gasteiger partial charge in [0.05, 0.1) is 11.4 Å². The fraction of sp³-hybridized carbons (Fsp3) is 0.650. The molecule has 0 spiro atoms. The summed E-state index contributed by atoms with van der Waals surface area (Å²) in [6, 6.07) is 7.25. The number of hydrogen-bond donors (Lipinski definition) is 1. The Morgan fingerprint density at radius 2 is 1.67 bits per heavy atom. The SMILES string of the molecule is CCC(C)c1ccc(S(=O)(=O)N2CCN(CC(=O)NCC(C)C)CC2)cc1. The molecular formula is C20H33N3O3S. The molecule has 1 atom stereocenters. The Balaban J connectivity index is 1.91. The van der Waals surface area contributed by atoms with Gasteiger partial charge in [0.15, 0.2) is 0 Å². The monoisotopic (exact) mass is 395 g/mol. The van der Waals surface area contributed by atoms with E-state index in [1.807, 2.05) is 17.0 Å². The number of nitrogens with zero attached hydrogens (tertiary/aromatic N) is 2. The number of rotatable bonds is 8. The lowest BCUT2D eigenvalue weighted by molar-refractivity contribution is -0.122. The van der Waals surface area contributed by atoms with Gasteiger partial charge in [-0.15, -0.1) is 0 Å². The van der Waals surface area contributed by atoms with Crippen molar-refractivity contribution in [1.82, 2.24) is 14.5 Å². The van der Waals surface area contributed by atoms with Crippen molar-refractivity contribution in [2.24, 2.45) is 5.92 Å². The van der Waals surface area contributed by atoms with E-state index in [2.05, 4.69) is 33.0 Å². The molecule has 1 unspecified atom stereocenters. The molecule has 27 heavy (non-hydrogen) atoms. The Kier molecular flexibility index (Phi) is 7.82. The summed E-state index contributed by atoms with van der Waals surface area (Å²) in [6.45, 7) is 11.3. The highest BCUT2D eigenvalue weighted by Crippen LogP contribution is 2.23. The predicted octanol–water partition coefficient (Wildman–Crippen LogP) is 2.28. The van der Waals surface area contributed by atoms with Crippen molar-refractivity contribution in [3.63, 3.8) is 0 Å². The molecule has 0 aromatic heterocycles. The summed E-state index contributed by atoms with van der Waals surface area (Å²) < 4.78 is 27.3. The molecule has 6 nitrogen and oxygen atoms in total. The average molecular weight is 396 g/mol. The molecule has 1 aliphatic heterocycles. The molecule has 1 aliphatic rings. The molecule has 1 saturated heterocycles. The lowest BCUT2D eigenvalue weighted by Crippen LogP contribution is -2.51. The molecule has 1 aromatic rings. The van der Waals surface area contributed by atoms with Gasteiger partial charge in [-0.05, 0) is 36.0 Å². The highest BCUT2D eigenvalue weighted by molar-refractivity contribution is 7.89. The van der Waals surface area contributed by atoms with E-state index in [1.54, 1.807) is 12.1 Å². The Morgan fingerprint density at radius 3 is 2.19 bits per heavy atom. The highest BCUT2D eigenvalue weighted by atomic mass is 32.2. The first-order chi connectivity index (χ1) is 12.7. The molecule has 0 aliphatic carbocycles. The van der Waals surface area contributed by atoms with Crippen LogP contribution in [0, 0.1) is 5.92 Å². The van der Waals surface area contributed by atoms with Crippen molar-refractivity contribution in [2.45, 2.75) is 44.9 Å². The van der Waals surface area contributed by atoms with E-state index in [1.165, 1.54) is 4.31 Å². The molecule has 0 saturated carbocycles. The van der Waals surface area contributed by atoms with Crippen LogP contribution in [-0.2, 0) is 14.8 Å². The van der Waals surface area contributed by atoms with E-state index in [0.717, 1.165) is 12.0 Å². The molecule has 7 heteroatoms. The third-order valence-corrected chi connectivity index (χ3v) is 7.02. The molecule has 1 amide bonds. The Morgan fingerprint density at radius 1 is 1.07 bits per heavy atom. The maximum Gasteiger partial charge on any atom is 0.243 e. The van der Waals surface area contributed by atoms with Crippen LogP contribution >= 0.6 is 0 Å². The molecule has 2 rings (SSSR count). The Bertz CT molecular complexity index is 708. The third-order valence-electron chi connectivity index (χ3n) is 5.11. The number of benzene rings is 1. The summed E-state index contributed by atoms with van der Waals surface area (Å²) >= 11 is 0. The van der Waals surface area contributed by atoms with Gasteiger partial charge in [-0.1, -0.05) is 39.8 Å². The Labute approximate surface area is 164 Å². The highest BCUT2D eigenvalue weighted by Gasteiger charge is 2.29. The molecule has 1 N–H and O–H groups in total. The number of nitrogens with one attached hydrogen (secondary N) is 1. The summed E-state index contributed by atoms with van der Waals surface area (Å²) in [4.78, 5) is 14.3. The number of carbonyl (C=O) groups excluding carboxylic acids is 1. The van der Waals surface area contributed by atoms with Crippen LogP contribution in [0.25, 0.3) is 0 Å². The van der Waals surface area contributed by atoms with Gasteiger partial charge in [0, 0.05) is 32.7 Å². The minimum atomic E-state index is -3.48. The van der Waals surface area contributed by atoms with Gasteiger partial charge >= 0.3 is 0 Å². The summed E-state index contributed by atoms with van der Waals surface area (Å²) in [7, 11) is -3.48. The molecule has 0 bridgehead atoms. The van der Waals surface area contributed by atoms with E-state index >= 15 is 0 Å². The fourth-order valence-electron chi connectivity index (χ4n) is 3.06. The van der Waals surface area contributed by atoms with Gasteiger partial charge < -0.3 is 5.32 Å². The van der Waals surface area contributed by atoms with Crippen molar-refractivity contribution < 1.29 is 13.2 Å². The van der Waals surface area contributed by atoms with Crippen LogP contribution in [0.3, 0.4) is 0 Å². The van der Waals surface area contributed by atoms with E-state index in [9.17, 15) is 13.2 Å². The Hall–Kier alpha value is -1.44. The molecule has 152 valence electrons. The molecule has 1 aromatic carbocycles. The van der Waals surface area contributed by atoms with Crippen molar-refractivity contribution in [3.05, 3.63) is 29.8 Å². The quantitative estimate of drug-likeness (QED) is 0.733. The van der Waals surface area contributed by atoms with Crippen LogP contribution in [0.15, 0.2) is 29.2 Å². The zero-order valence-corrected chi connectivity index (χ0v) is 17.8. The van der Waals surface area contributed by atoms with Crippen LogP contribution in [0.1, 0.15) is 45.6 Å².